The minimum atomic E-state index is -0.142. The summed E-state index contributed by atoms with van der Waals surface area (Å²) in [5.41, 5.74) is 3.31. The number of hydrogen-bond acceptors (Lipinski definition) is 2. The van der Waals surface area contributed by atoms with E-state index in [9.17, 15) is 4.79 Å². The van der Waals surface area contributed by atoms with Gasteiger partial charge in [0.2, 0.25) is 0 Å². The first-order valence-corrected chi connectivity index (χ1v) is 6.71. The van der Waals surface area contributed by atoms with Crippen LogP contribution in [0.1, 0.15) is 27.0 Å². The van der Waals surface area contributed by atoms with E-state index in [0.717, 1.165) is 16.7 Å². The Labute approximate surface area is 123 Å². The van der Waals surface area contributed by atoms with Crippen molar-refractivity contribution in [3.63, 3.8) is 0 Å². The van der Waals surface area contributed by atoms with Crippen molar-refractivity contribution in [2.45, 2.75) is 20.1 Å². The number of aryl methyl sites for hydroxylation is 1. The van der Waals surface area contributed by atoms with E-state index in [1.54, 1.807) is 12.1 Å². The molecule has 0 aliphatic heterocycles. The molecule has 0 atom stereocenters. The van der Waals surface area contributed by atoms with Gasteiger partial charge in [0.25, 0.3) is 5.91 Å². The van der Waals surface area contributed by atoms with Crippen molar-refractivity contribution in [2.24, 2.45) is 0 Å². The first-order valence-electron chi connectivity index (χ1n) is 6.33. The molecule has 1 amide bonds. The fourth-order valence-electron chi connectivity index (χ4n) is 1.88. The summed E-state index contributed by atoms with van der Waals surface area (Å²) >= 11 is 5.91. The van der Waals surface area contributed by atoms with Crippen LogP contribution in [0.15, 0.2) is 42.5 Å². The Balaban J connectivity index is 2.02. The van der Waals surface area contributed by atoms with Crippen molar-refractivity contribution >= 4 is 17.5 Å². The van der Waals surface area contributed by atoms with Crippen LogP contribution in [0, 0.1) is 6.92 Å². The van der Waals surface area contributed by atoms with Crippen LogP contribution < -0.4 is 5.32 Å². The van der Waals surface area contributed by atoms with Gasteiger partial charge in [0.05, 0.1) is 6.61 Å². The molecule has 20 heavy (non-hydrogen) atoms. The Kier molecular flexibility index (Phi) is 4.77. The Morgan fingerprint density at radius 1 is 1.15 bits per heavy atom. The molecule has 0 unspecified atom stereocenters. The van der Waals surface area contributed by atoms with Crippen LogP contribution >= 0.6 is 11.6 Å². The number of rotatable bonds is 4. The maximum Gasteiger partial charge on any atom is 0.251 e. The number of benzene rings is 2. The molecule has 4 heteroatoms. The van der Waals surface area contributed by atoms with Crippen molar-refractivity contribution in [1.29, 1.82) is 0 Å². The molecule has 0 saturated heterocycles. The normalized spacial score (nSPS) is 10.3. The van der Waals surface area contributed by atoms with E-state index in [0.29, 0.717) is 17.1 Å². The van der Waals surface area contributed by atoms with Gasteiger partial charge < -0.3 is 10.4 Å². The van der Waals surface area contributed by atoms with Gasteiger partial charge in [0.1, 0.15) is 0 Å². The lowest BCUT2D eigenvalue weighted by atomic mass is 10.1. The molecule has 104 valence electrons. The van der Waals surface area contributed by atoms with Crippen LogP contribution in [0.2, 0.25) is 5.02 Å². The maximum absolute atomic E-state index is 12.1. The molecule has 0 heterocycles. The highest BCUT2D eigenvalue weighted by atomic mass is 35.5. The fraction of sp³-hybridized carbons (Fsp3) is 0.188. The molecule has 0 aliphatic carbocycles. The zero-order chi connectivity index (χ0) is 14.5. The third-order valence-electron chi connectivity index (χ3n) is 3.10. The lowest BCUT2D eigenvalue weighted by Crippen LogP contribution is -2.23. The van der Waals surface area contributed by atoms with Crippen LogP contribution in [-0.4, -0.2) is 11.0 Å². The van der Waals surface area contributed by atoms with E-state index >= 15 is 0 Å². The maximum atomic E-state index is 12.1. The molecular weight excluding hydrogens is 274 g/mol. The predicted molar refractivity (Wildman–Crippen MR) is 79.7 cm³/mol. The lowest BCUT2D eigenvalue weighted by Gasteiger charge is -2.08. The number of amides is 1. The quantitative estimate of drug-likeness (QED) is 0.909. The van der Waals surface area contributed by atoms with Gasteiger partial charge in [-0.25, -0.2) is 0 Å². The Hall–Kier alpha value is -1.84. The van der Waals surface area contributed by atoms with E-state index in [-0.39, 0.29) is 12.5 Å². The first kappa shape index (κ1) is 14.6. The summed E-state index contributed by atoms with van der Waals surface area (Å²) in [6.07, 6.45) is 0. The SMILES string of the molecule is Cc1ccc(Cl)cc1C(=O)NCc1ccc(CO)cc1. The monoisotopic (exact) mass is 289 g/mol. The van der Waals surface area contributed by atoms with Crippen LogP contribution in [0.25, 0.3) is 0 Å². The molecule has 0 bridgehead atoms. The summed E-state index contributed by atoms with van der Waals surface area (Å²) < 4.78 is 0. The second kappa shape index (κ2) is 6.55. The van der Waals surface area contributed by atoms with Gasteiger partial charge in [-0.2, -0.15) is 0 Å². The number of aliphatic hydroxyl groups excluding tert-OH is 1. The minimum Gasteiger partial charge on any atom is -0.392 e. The fourth-order valence-corrected chi connectivity index (χ4v) is 2.05. The van der Waals surface area contributed by atoms with E-state index in [1.165, 1.54) is 0 Å². The third-order valence-corrected chi connectivity index (χ3v) is 3.34. The Morgan fingerprint density at radius 3 is 2.45 bits per heavy atom. The molecular formula is C16H16ClNO2. The van der Waals surface area contributed by atoms with E-state index < -0.39 is 0 Å². The van der Waals surface area contributed by atoms with E-state index in [1.807, 2.05) is 37.3 Å². The Morgan fingerprint density at radius 2 is 1.80 bits per heavy atom. The van der Waals surface area contributed by atoms with Gasteiger partial charge in [-0.1, -0.05) is 41.9 Å². The largest absolute Gasteiger partial charge is 0.392 e. The van der Waals surface area contributed by atoms with Crippen molar-refractivity contribution in [3.05, 3.63) is 69.7 Å². The van der Waals surface area contributed by atoms with Gasteiger partial charge in [0.15, 0.2) is 0 Å². The van der Waals surface area contributed by atoms with Crippen molar-refractivity contribution in [3.8, 4) is 0 Å². The number of nitrogens with one attached hydrogen (secondary N) is 1. The summed E-state index contributed by atoms with van der Waals surface area (Å²) in [6, 6.07) is 12.7. The topological polar surface area (TPSA) is 49.3 Å². The Bertz CT molecular complexity index is 608. The number of aliphatic hydroxyl groups is 1. The average molecular weight is 290 g/mol. The molecule has 2 aromatic rings. The van der Waals surface area contributed by atoms with E-state index in [2.05, 4.69) is 5.32 Å². The molecule has 2 rings (SSSR count). The van der Waals surface area contributed by atoms with Gasteiger partial charge in [0, 0.05) is 17.1 Å². The number of halogens is 1. The summed E-state index contributed by atoms with van der Waals surface area (Å²) in [4.78, 5) is 12.1. The standard InChI is InChI=1S/C16H16ClNO2/c1-11-2-7-14(17)8-15(11)16(20)18-9-12-3-5-13(10-19)6-4-12/h2-8,19H,9-10H2,1H3,(H,18,20). The molecule has 2 N–H and O–H groups in total. The highest BCUT2D eigenvalue weighted by molar-refractivity contribution is 6.31. The molecule has 0 aliphatic rings. The summed E-state index contributed by atoms with van der Waals surface area (Å²) in [5.74, 6) is -0.142. The molecule has 0 fully saturated rings. The average Bonchev–Trinajstić information content (AvgIpc) is 2.47. The zero-order valence-corrected chi connectivity index (χ0v) is 11.9. The highest BCUT2D eigenvalue weighted by Crippen LogP contribution is 2.15. The zero-order valence-electron chi connectivity index (χ0n) is 11.2. The molecule has 0 radical (unpaired) electrons. The second-order valence-corrected chi connectivity index (χ2v) is 5.05. The number of hydrogen-bond donors (Lipinski definition) is 2. The lowest BCUT2D eigenvalue weighted by molar-refractivity contribution is 0.0950. The first-order chi connectivity index (χ1) is 9.60. The smallest absolute Gasteiger partial charge is 0.251 e. The number of carbonyl (C=O) groups is 1. The summed E-state index contributed by atoms with van der Waals surface area (Å²) in [6.45, 7) is 2.34. The molecule has 0 aromatic heterocycles. The van der Waals surface area contributed by atoms with Crippen molar-refractivity contribution < 1.29 is 9.90 Å². The van der Waals surface area contributed by atoms with Gasteiger partial charge in [-0.15, -0.1) is 0 Å². The van der Waals surface area contributed by atoms with Crippen molar-refractivity contribution in [2.75, 3.05) is 0 Å². The van der Waals surface area contributed by atoms with Crippen LogP contribution in [0.4, 0.5) is 0 Å². The predicted octanol–water partition coefficient (Wildman–Crippen LogP) is 3.07. The van der Waals surface area contributed by atoms with Crippen LogP contribution in [-0.2, 0) is 13.2 Å². The molecule has 3 nitrogen and oxygen atoms in total. The van der Waals surface area contributed by atoms with E-state index in [4.69, 9.17) is 16.7 Å². The number of carbonyl (C=O) groups excluding carboxylic acids is 1. The van der Waals surface area contributed by atoms with Gasteiger partial charge >= 0.3 is 0 Å². The molecule has 0 saturated carbocycles. The minimum absolute atomic E-state index is 0.0222. The van der Waals surface area contributed by atoms with Crippen LogP contribution in [0.5, 0.6) is 0 Å². The second-order valence-electron chi connectivity index (χ2n) is 4.62. The molecule has 2 aromatic carbocycles. The van der Waals surface area contributed by atoms with Gasteiger partial charge in [-0.05, 0) is 35.7 Å². The summed E-state index contributed by atoms with van der Waals surface area (Å²) in [5, 5.41) is 12.4. The summed E-state index contributed by atoms with van der Waals surface area (Å²) in [7, 11) is 0. The molecule has 0 spiro atoms. The highest BCUT2D eigenvalue weighted by Gasteiger charge is 2.09. The van der Waals surface area contributed by atoms with Gasteiger partial charge in [-0.3, -0.25) is 4.79 Å². The third kappa shape index (κ3) is 3.59. The van der Waals surface area contributed by atoms with Crippen LogP contribution in [0.3, 0.4) is 0 Å². The van der Waals surface area contributed by atoms with Crippen molar-refractivity contribution in [1.82, 2.24) is 5.32 Å².